The van der Waals surface area contributed by atoms with E-state index in [1.54, 1.807) is 0 Å². The lowest BCUT2D eigenvalue weighted by Crippen LogP contribution is -2.50. The van der Waals surface area contributed by atoms with Crippen LogP contribution in [-0.2, 0) is 10.0 Å². The Morgan fingerprint density at radius 1 is 1.45 bits per heavy atom. The van der Waals surface area contributed by atoms with Crippen molar-refractivity contribution in [1.29, 1.82) is 0 Å². The standard InChI is InChI=1S/C13H17ClFN3O3S/c1-22(20,21)18-6-2-3-10(8-18)16-13(19)17-12-7-9(14)4-5-11(12)15/h4-5,7,10H,2-3,6,8H2,1H3,(H2,16,17,19)/t10-/m1/s1. The highest BCUT2D eigenvalue weighted by Crippen LogP contribution is 2.19. The van der Waals surface area contributed by atoms with Gasteiger partial charge in [0.15, 0.2) is 0 Å². The third-order valence-corrected chi connectivity index (χ3v) is 4.87. The van der Waals surface area contributed by atoms with E-state index >= 15 is 0 Å². The van der Waals surface area contributed by atoms with Gasteiger partial charge in [-0.3, -0.25) is 0 Å². The first-order valence-electron chi connectivity index (χ1n) is 6.73. The van der Waals surface area contributed by atoms with Gasteiger partial charge in [0.05, 0.1) is 11.9 Å². The van der Waals surface area contributed by atoms with Gasteiger partial charge in [-0.2, -0.15) is 0 Å². The van der Waals surface area contributed by atoms with E-state index in [0.717, 1.165) is 12.3 Å². The third-order valence-electron chi connectivity index (χ3n) is 3.36. The molecule has 1 saturated heterocycles. The third kappa shape index (κ3) is 4.56. The Bertz CT molecular complexity index is 668. The van der Waals surface area contributed by atoms with Crippen molar-refractivity contribution in [3.8, 4) is 0 Å². The maximum absolute atomic E-state index is 13.5. The van der Waals surface area contributed by atoms with Gasteiger partial charge in [-0.15, -0.1) is 0 Å². The SMILES string of the molecule is CS(=O)(=O)N1CCC[C@@H](NC(=O)Nc2cc(Cl)ccc2F)C1. The second-order valence-electron chi connectivity index (χ2n) is 5.18. The molecule has 2 N–H and O–H groups in total. The number of sulfonamides is 1. The number of piperidine rings is 1. The lowest BCUT2D eigenvalue weighted by atomic mass is 10.1. The number of amides is 2. The van der Waals surface area contributed by atoms with E-state index in [-0.39, 0.29) is 18.3 Å². The normalized spacial score (nSPS) is 19.7. The average molecular weight is 350 g/mol. The van der Waals surface area contributed by atoms with Crippen LogP contribution < -0.4 is 10.6 Å². The molecule has 0 aromatic heterocycles. The largest absolute Gasteiger partial charge is 0.334 e. The summed E-state index contributed by atoms with van der Waals surface area (Å²) in [4.78, 5) is 11.9. The highest BCUT2D eigenvalue weighted by Gasteiger charge is 2.26. The Morgan fingerprint density at radius 3 is 2.86 bits per heavy atom. The minimum absolute atomic E-state index is 0.0271. The monoisotopic (exact) mass is 349 g/mol. The van der Waals surface area contributed by atoms with Gasteiger partial charge in [-0.1, -0.05) is 11.6 Å². The topological polar surface area (TPSA) is 78.5 Å². The second kappa shape index (κ2) is 6.80. The van der Waals surface area contributed by atoms with Gasteiger partial charge in [0.1, 0.15) is 5.82 Å². The Morgan fingerprint density at radius 2 is 2.18 bits per heavy atom. The van der Waals surface area contributed by atoms with Crippen molar-refractivity contribution in [2.45, 2.75) is 18.9 Å². The smallest absolute Gasteiger partial charge is 0.319 e. The minimum Gasteiger partial charge on any atom is -0.334 e. The Labute approximate surface area is 133 Å². The molecule has 0 saturated carbocycles. The van der Waals surface area contributed by atoms with E-state index in [9.17, 15) is 17.6 Å². The molecule has 6 nitrogen and oxygen atoms in total. The zero-order valence-electron chi connectivity index (χ0n) is 12.0. The summed E-state index contributed by atoms with van der Waals surface area (Å²) in [6.07, 6.45) is 2.46. The second-order valence-corrected chi connectivity index (χ2v) is 7.60. The number of nitrogens with zero attached hydrogens (tertiary/aromatic N) is 1. The van der Waals surface area contributed by atoms with Crippen molar-refractivity contribution in [2.75, 3.05) is 24.7 Å². The molecule has 1 heterocycles. The fourth-order valence-electron chi connectivity index (χ4n) is 2.30. The lowest BCUT2D eigenvalue weighted by Gasteiger charge is -2.31. The number of rotatable bonds is 3. The molecule has 1 atom stereocenters. The van der Waals surface area contributed by atoms with Gasteiger partial charge in [0, 0.05) is 24.2 Å². The Balaban J connectivity index is 1.96. The molecule has 1 aliphatic rings. The fraction of sp³-hybridized carbons (Fsp3) is 0.462. The van der Waals surface area contributed by atoms with E-state index in [4.69, 9.17) is 11.6 Å². The summed E-state index contributed by atoms with van der Waals surface area (Å²) < 4.78 is 37.9. The number of hydrogen-bond acceptors (Lipinski definition) is 3. The van der Waals surface area contributed by atoms with E-state index < -0.39 is 21.9 Å². The number of hydrogen-bond donors (Lipinski definition) is 2. The van der Waals surface area contributed by atoms with Crippen LogP contribution >= 0.6 is 11.6 Å². The number of benzene rings is 1. The first kappa shape index (κ1) is 17.0. The quantitative estimate of drug-likeness (QED) is 0.876. The molecular weight excluding hydrogens is 333 g/mol. The number of carbonyl (C=O) groups is 1. The van der Waals surface area contributed by atoms with Crippen molar-refractivity contribution >= 4 is 33.3 Å². The molecule has 0 radical (unpaired) electrons. The average Bonchev–Trinajstić information content (AvgIpc) is 2.42. The molecule has 1 aromatic carbocycles. The molecule has 0 spiro atoms. The number of carbonyl (C=O) groups excluding carboxylic acids is 1. The first-order chi connectivity index (χ1) is 10.3. The highest BCUT2D eigenvalue weighted by atomic mass is 35.5. The van der Waals surface area contributed by atoms with Crippen molar-refractivity contribution in [2.24, 2.45) is 0 Å². The summed E-state index contributed by atoms with van der Waals surface area (Å²) in [5, 5.41) is 5.33. The van der Waals surface area contributed by atoms with Crippen LogP contribution in [0, 0.1) is 5.82 Å². The maximum atomic E-state index is 13.5. The highest BCUT2D eigenvalue weighted by molar-refractivity contribution is 7.88. The van der Waals surface area contributed by atoms with Gasteiger partial charge >= 0.3 is 6.03 Å². The van der Waals surface area contributed by atoms with Crippen LogP contribution in [0.15, 0.2) is 18.2 Å². The summed E-state index contributed by atoms with van der Waals surface area (Å²) in [5.41, 5.74) is -0.0271. The van der Waals surface area contributed by atoms with Crippen molar-refractivity contribution in [3.05, 3.63) is 29.0 Å². The molecule has 2 amide bonds. The van der Waals surface area contributed by atoms with Crippen LogP contribution in [0.2, 0.25) is 5.02 Å². The summed E-state index contributed by atoms with van der Waals surface area (Å²) >= 11 is 5.75. The molecular formula is C13H17ClFN3O3S. The maximum Gasteiger partial charge on any atom is 0.319 e. The van der Waals surface area contributed by atoms with E-state index in [2.05, 4.69) is 10.6 Å². The van der Waals surface area contributed by atoms with Gasteiger partial charge in [0.25, 0.3) is 0 Å². The molecule has 9 heteroatoms. The van der Waals surface area contributed by atoms with Crippen molar-refractivity contribution in [3.63, 3.8) is 0 Å². The molecule has 22 heavy (non-hydrogen) atoms. The van der Waals surface area contributed by atoms with E-state index in [0.29, 0.717) is 24.4 Å². The van der Waals surface area contributed by atoms with Crippen LogP contribution in [0.25, 0.3) is 0 Å². The van der Waals surface area contributed by atoms with E-state index in [1.165, 1.54) is 16.4 Å². The molecule has 0 aliphatic carbocycles. The van der Waals surface area contributed by atoms with Crippen molar-refractivity contribution < 1.29 is 17.6 Å². The predicted octanol–water partition coefficient (Wildman–Crippen LogP) is 2.02. The molecule has 2 rings (SSSR count). The van der Waals surface area contributed by atoms with Gasteiger partial charge in [-0.25, -0.2) is 21.9 Å². The zero-order valence-corrected chi connectivity index (χ0v) is 13.5. The molecule has 1 aliphatic heterocycles. The Kier molecular flexibility index (Phi) is 5.25. The number of nitrogens with one attached hydrogen (secondary N) is 2. The number of urea groups is 1. The molecule has 0 bridgehead atoms. The first-order valence-corrected chi connectivity index (χ1v) is 8.96. The fourth-order valence-corrected chi connectivity index (χ4v) is 3.38. The van der Waals surface area contributed by atoms with Crippen LogP contribution in [0.5, 0.6) is 0 Å². The number of halogens is 2. The molecule has 0 unspecified atom stereocenters. The predicted molar refractivity (Wildman–Crippen MR) is 83.0 cm³/mol. The zero-order chi connectivity index (χ0) is 16.3. The summed E-state index contributed by atoms with van der Waals surface area (Å²) in [7, 11) is -3.28. The lowest BCUT2D eigenvalue weighted by molar-refractivity contribution is 0.236. The molecule has 122 valence electrons. The molecule has 1 fully saturated rings. The minimum atomic E-state index is -3.28. The van der Waals surface area contributed by atoms with Gasteiger partial charge in [0.2, 0.25) is 10.0 Å². The van der Waals surface area contributed by atoms with Crippen LogP contribution in [0.3, 0.4) is 0 Å². The van der Waals surface area contributed by atoms with Crippen LogP contribution in [-0.4, -0.2) is 44.1 Å². The summed E-state index contributed by atoms with van der Waals surface area (Å²) in [6.45, 7) is 0.659. The summed E-state index contributed by atoms with van der Waals surface area (Å²) in [5.74, 6) is -0.596. The van der Waals surface area contributed by atoms with Crippen molar-refractivity contribution in [1.82, 2.24) is 9.62 Å². The molecule has 1 aromatic rings. The van der Waals surface area contributed by atoms with Crippen LogP contribution in [0.1, 0.15) is 12.8 Å². The summed E-state index contributed by atoms with van der Waals surface area (Å²) in [6, 6.07) is 2.93. The van der Waals surface area contributed by atoms with E-state index in [1.807, 2.05) is 0 Å². The van der Waals surface area contributed by atoms with Crippen LogP contribution in [0.4, 0.5) is 14.9 Å². The number of anilines is 1. The Hall–Kier alpha value is -1.38. The van der Waals surface area contributed by atoms with Gasteiger partial charge in [-0.05, 0) is 31.0 Å². The van der Waals surface area contributed by atoms with Gasteiger partial charge < -0.3 is 10.6 Å².